The Kier molecular flexibility index (Phi) is 6.93. The van der Waals surface area contributed by atoms with Crippen molar-refractivity contribution in [3.05, 3.63) is 88.7 Å². The van der Waals surface area contributed by atoms with E-state index in [9.17, 15) is 13.2 Å². The molecular weight excluding hydrogens is 460 g/mol. The Hall–Kier alpha value is -3.65. The number of hydrogen-bond donors (Lipinski definition) is 2. The van der Waals surface area contributed by atoms with Crippen molar-refractivity contribution in [1.29, 1.82) is 0 Å². The third-order valence-electron chi connectivity index (χ3n) is 6.19. The van der Waals surface area contributed by atoms with E-state index in [0.29, 0.717) is 13.0 Å². The van der Waals surface area contributed by atoms with Gasteiger partial charge >= 0.3 is 6.03 Å². The van der Waals surface area contributed by atoms with Gasteiger partial charge in [-0.3, -0.25) is 4.57 Å². The molecule has 0 atom stereocenters. The minimum absolute atomic E-state index is 0.0534. The number of sulfonamides is 1. The van der Waals surface area contributed by atoms with E-state index in [0.717, 1.165) is 40.1 Å². The highest BCUT2D eigenvalue weighted by Gasteiger charge is 2.17. The fraction of sp³-hybridized carbons (Fsp3) is 0.259. The third kappa shape index (κ3) is 5.22. The first-order valence-electron chi connectivity index (χ1n) is 11.6. The lowest BCUT2D eigenvalue weighted by molar-refractivity contribution is 0.246. The van der Waals surface area contributed by atoms with E-state index in [4.69, 9.17) is 4.98 Å². The Labute approximate surface area is 206 Å². The van der Waals surface area contributed by atoms with E-state index in [1.165, 1.54) is 23.3 Å². The summed E-state index contributed by atoms with van der Waals surface area (Å²) < 4.78 is 28.9. The third-order valence-corrected chi connectivity index (χ3v) is 7.54. The van der Waals surface area contributed by atoms with Crippen molar-refractivity contribution in [3.8, 4) is 5.69 Å². The number of rotatable bonds is 7. The van der Waals surface area contributed by atoms with E-state index >= 15 is 0 Å². The average molecular weight is 491 g/mol. The minimum Gasteiger partial charge on any atom is -0.337 e. The standard InChI is InChI=1S/C27H30N4O3S/c1-5-25-29-26-20(4)19(3)8-15-24(26)31(25)22-11-9-21(10-12-22)16-17-28-27(32)30-35(33,34)23-13-6-18(2)7-14-23/h6-15H,5,16-17H2,1-4H3,(H2,28,30,32). The van der Waals surface area contributed by atoms with Crippen molar-refractivity contribution in [2.45, 2.75) is 45.4 Å². The number of aryl methyl sites for hydroxylation is 4. The summed E-state index contributed by atoms with van der Waals surface area (Å²) in [6, 6.07) is 18.0. The highest BCUT2D eigenvalue weighted by atomic mass is 32.2. The second-order valence-corrected chi connectivity index (χ2v) is 10.4. The molecular formula is C27H30N4O3S. The summed E-state index contributed by atoms with van der Waals surface area (Å²) >= 11 is 0. The highest BCUT2D eigenvalue weighted by molar-refractivity contribution is 7.90. The van der Waals surface area contributed by atoms with Crippen molar-refractivity contribution >= 4 is 27.1 Å². The molecule has 0 aliphatic carbocycles. The number of carbonyl (C=O) groups is 1. The zero-order chi connectivity index (χ0) is 25.2. The molecule has 3 aromatic carbocycles. The molecule has 35 heavy (non-hydrogen) atoms. The summed E-state index contributed by atoms with van der Waals surface area (Å²) in [6.45, 7) is 8.48. The molecule has 7 nitrogen and oxygen atoms in total. The number of imidazole rings is 1. The molecule has 2 amide bonds. The van der Waals surface area contributed by atoms with E-state index in [-0.39, 0.29) is 4.90 Å². The summed E-state index contributed by atoms with van der Waals surface area (Å²) in [7, 11) is -3.90. The molecule has 0 aliphatic rings. The summed E-state index contributed by atoms with van der Waals surface area (Å²) in [5, 5.41) is 2.62. The quantitative estimate of drug-likeness (QED) is 0.391. The summed E-state index contributed by atoms with van der Waals surface area (Å²) in [4.78, 5) is 17.1. The van der Waals surface area contributed by atoms with Crippen LogP contribution in [0.25, 0.3) is 16.7 Å². The van der Waals surface area contributed by atoms with Crippen LogP contribution in [0.5, 0.6) is 0 Å². The molecule has 0 bridgehead atoms. The topological polar surface area (TPSA) is 93.1 Å². The number of nitrogens with one attached hydrogen (secondary N) is 2. The molecule has 8 heteroatoms. The largest absolute Gasteiger partial charge is 0.337 e. The van der Waals surface area contributed by atoms with Gasteiger partial charge in [0.05, 0.1) is 15.9 Å². The molecule has 0 fully saturated rings. The van der Waals surface area contributed by atoms with Crippen molar-refractivity contribution in [2.75, 3.05) is 6.54 Å². The molecule has 0 spiro atoms. The van der Waals surface area contributed by atoms with Gasteiger partial charge < -0.3 is 5.32 Å². The Morgan fingerprint density at radius 3 is 2.29 bits per heavy atom. The Bertz CT molecular complexity index is 1470. The number of hydrogen-bond acceptors (Lipinski definition) is 4. The van der Waals surface area contributed by atoms with Crippen LogP contribution < -0.4 is 10.0 Å². The van der Waals surface area contributed by atoms with E-state index in [1.54, 1.807) is 12.1 Å². The molecule has 0 radical (unpaired) electrons. The Balaban J connectivity index is 1.40. The summed E-state index contributed by atoms with van der Waals surface area (Å²) in [5.74, 6) is 1.01. The lowest BCUT2D eigenvalue weighted by atomic mass is 10.1. The number of aromatic nitrogens is 2. The molecule has 1 heterocycles. The number of fused-ring (bicyclic) bond motifs is 1. The summed E-state index contributed by atoms with van der Waals surface area (Å²) in [6.07, 6.45) is 1.39. The van der Waals surface area contributed by atoms with Gasteiger partial charge in [-0.1, -0.05) is 42.8 Å². The predicted molar refractivity (Wildman–Crippen MR) is 139 cm³/mol. The molecule has 0 saturated carbocycles. The average Bonchev–Trinajstić information content (AvgIpc) is 3.21. The number of benzene rings is 3. The number of nitrogens with zero attached hydrogens (tertiary/aromatic N) is 2. The number of carbonyl (C=O) groups excluding carboxylic acids is 1. The van der Waals surface area contributed by atoms with Crippen LogP contribution in [0.2, 0.25) is 0 Å². The maximum absolute atomic E-state index is 12.3. The Morgan fingerprint density at radius 1 is 0.943 bits per heavy atom. The molecule has 182 valence electrons. The lowest BCUT2D eigenvalue weighted by Crippen LogP contribution is -2.40. The molecule has 4 aromatic rings. The van der Waals surface area contributed by atoms with Crippen molar-refractivity contribution < 1.29 is 13.2 Å². The van der Waals surface area contributed by atoms with Gasteiger partial charge in [-0.25, -0.2) is 22.9 Å². The molecule has 0 unspecified atom stereocenters. The van der Waals surface area contributed by atoms with Gasteiger partial charge in [-0.05, 0) is 74.2 Å². The van der Waals surface area contributed by atoms with Crippen LogP contribution in [0.1, 0.15) is 35.0 Å². The van der Waals surface area contributed by atoms with Gasteiger partial charge in [0.1, 0.15) is 5.82 Å². The van der Waals surface area contributed by atoms with Crippen LogP contribution in [0.4, 0.5) is 4.79 Å². The highest BCUT2D eigenvalue weighted by Crippen LogP contribution is 2.26. The van der Waals surface area contributed by atoms with Gasteiger partial charge in [-0.15, -0.1) is 0 Å². The van der Waals surface area contributed by atoms with Crippen LogP contribution >= 0.6 is 0 Å². The van der Waals surface area contributed by atoms with Crippen molar-refractivity contribution in [1.82, 2.24) is 19.6 Å². The molecule has 0 saturated heterocycles. The second kappa shape index (κ2) is 9.92. The first kappa shape index (κ1) is 24.5. The molecule has 0 aliphatic heterocycles. The first-order chi connectivity index (χ1) is 16.7. The maximum atomic E-state index is 12.3. The SMILES string of the molecule is CCc1nc2c(C)c(C)ccc2n1-c1ccc(CCNC(=O)NS(=O)(=O)c2ccc(C)cc2)cc1. The molecule has 2 N–H and O–H groups in total. The monoisotopic (exact) mass is 490 g/mol. The van der Waals surface area contributed by atoms with Gasteiger partial charge in [0, 0.05) is 18.7 Å². The van der Waals surface area contributed by atoms with Gasteiger partial charge in [0.15, 0.2) is 0 Å². The van der Waals surface area contributed by atoms with Gasteiger partial charge in [-0.2, -0.15) is 0 Å². The first-order valence-corrected chi connectivity index (χ1v) is 13.1. The van der Waals surface area contributed by atoms with E-state index in [2.05, 4.69) is 47.5 Å². The zero-order valence-electron chi connectivity index (χ0n) is 20.4. The van der Waals surface area contributed by atoms with Crippen molar-refractivity contribution in [2.24, 2.45) is 0 Å². The normalized spacial score (nSPS) is 11.5. The van der Waals surface area contributed by atoms with Crippen LogP contribution in [-0.4, -0.2) is 30.5 Å². The van der Waals surface area contributed by atoms with Crippen molar-refractivity contribution in [3.63, 3.8) is 0 Å². The zero-order valence-corrected chi connectivity index (χ0v) is 21.2. The smallest absolute Gasteiger partial charge is 0.328 e. The second-order valence-electron chi connectivity index (χ2n) is 8.68. The van der Waals surface area contributed by atoms with Crippen LogP contribution in [0.15, 0.2) is 65.6 Å². The van der Waals surface area contributed by atoms with Gasteiger partial charge in [0.25, 0.3) is 10.0 Å². The van der Waals surface area contributed by atoms with Crippen LogP contribution in [-0.2, 0) is 22.9 Å². The van der Waals surface area contributed by atoms with Crippen LogP contribution in [0, 0.1) is 20.8 Å². The fourth-order valence-electron chi connectivity index (χ4n) is 4.02. The Morgan fingerprint density at radius 2 is 1.63 bits per heavy atom. The van der Waals surface area contributed by atoms with Crippen LogP contribution in [0.3, 0.4) is 0 Å². The number of amides is 2. The number of urea groups is 1. The molecule has 1 aromatic heterocycles. The predicted octanol–water partition coefficient (Wildman–Crippen LogP) is 4.74. The minimum atomic E-state index is -3.90. The van der Waals surface area contributed by atoms with E-state index < -0.39 is 16.1 Å². The maximum Gasteiger partial charge on any atom is 0.328 e. The van der Waals surface area contributed by atoms with Gasteiger partial charge in [0.2, 0.25) is 0 Å². The summed E-state index contributed by atoms with van der Waals surface area (Å²) in [5.41, 5.74) is 7.55. The van der Waals surface area contributed by atoms with E-state index in [1.807, 2.05) is 31.2 Å². The molecule has 4 rings (SSSR count). The lowest BCUT2D eigenvalue weighted by Gasteiger charge is -2.11. The fourth-order valence-corrected chi connectivity index (χ4v) is 4.95.